The lowest BCUT2D eigenvalue weighted by Crippen LogP contribution is -2.28. The molecular weight excluding hydrogens is 233 g/mol. The van der Waals surface area contributed by atoms with Crippen LogP contribution in [0, 0.1) is 5.82 Å². The quantitative estimate of drug-likeness (QED) is 0.885. The van der Waals surface area contributed by atoms with E-state index in [0.29, 0.717) is 23.2 Å². The molecule has 2 aromatic rings. The first kappa shape index (κ1) is 11.3. The van der Waals surface area contributed by atoms with Crippen molar-refractivity contribution in [2.45, 2.75) is 18.8 Å². The molecule has 2 heterocycles. The van der Waals surface area contributed by atoms with Gasteiger partial charge in [0.15, 0.2) is 5.82 Å². The van der Waals surface area contributed by atoms with Gasteiger partial charge < -0.3 is 9.84 Å². The Morgan fingerprint density at radius 3 is 3.11 bits per heavy atom. The first-order chi connectivity index (χ1) is 8.83. The summed E-state index contributed by atoms with van der Waals surface area (Å²) in [6.07, 6.45) is 2.18. The van der Waals surface area contributed by atoms with Gasteiger partial charge in [0.25, 0.3) is 5.89 Å². The average Bonchev–Trinajstić information content (AvgIpc) is 2.89. The number of nitrogens with zero attached hydrogens (tertiary/aromatic N) is 2. The summed E-state index contributed by atoms with van der Waals surface area (Å²) in [6, 6.07) is 6.19. The maximum Gasteiger partial charge on any atom is 0.258 e. The number of aromatic nitrogens is 2. The highest BCUT2D eigenvalue weighted by molar-refractivity contribution is 5.52. The topological polar surface area (TPSA) is 51.0 Å². The van der Waals surface area contributed by atoms with Crippen molar-refractivity contribution in [3.05, 3.63) is 35.9 Å². The predicted octanol–water partition coefficient (Wildman–Crippen LogP) is 2.34. The van der Waals surface area contributed by atoms with Crippen LogP contribution in [0.3, 0.4) is 0 Å². The lowest BCUT2D eigenvalue weighted by molar-refractivity contribution is 0.393. The van der Waals surface area contributed by atoms with E-state index in [-0.39, 0.29) is 5.82 Å². The Bertz CT molecular complexity index is 535. The summed E-state index contributed by atoms with van der Waals surface area (Å²) in [6.45, 7) is 1.92. The molecule has 1 aliphatic heterocycles. The van der Waals surface area contributed by atoms with Crippen molar-refractivity contribution < 1.29 is 8.91 Å². The molecule has 4 nitrogen and oxygen atoms in total. The summed E-state index contributed by atoms with van der Waals surface area (Å²) in [4.78, 5) is 4.36. The molecule has 3 rings (SSSR count). The summed E-state index contributed by atoms with van der Waals surface area (Å²) < 4.78 is 18.3. The predicted molar refractivity (Wildman–Crippen MR) is 64.5 cm³/mol. The molecule has 1 aromatic carbocycles. The lowest BCUT2D eigenvalue weighted by atomic mass is 9.99. The molecule has 94 valence electrons. The number of rotatable bonds is 2. The van der Waals surface area contributed by atoms with E-state index in [2.05, 4.69) is 15.5 Å². The van der Waals surface area contributed by atoms with E-state index in [1.54, 1.807) is 12.1 Å². The third kappa shape index (κ3) is 2.26. The Hall–Kier alpha value is -1.75. The Balaban J connectivity index is 1.84. The molecule has 5 heteroatoms. The lowest BCUT2D eigenvalue weighted by Gasteiger charge is -2.19. The molecule has 0 spiro atoms. The summed E-state index contributed by atoms with van der Waals surface area (Å²) in [5.41, 5.74) is 0.623. The van der Waals surface area contributed by atoms with Gasteiger partial charge in [-0.25, -0.2) is 4.39 Å². The van der Waals surface area contributed by atoms with Crippen LogP contribution in [-0.2, 0) is 0 Å². The van der Waals surface area contributed by atoms with Crippen LogP contribution >= 0.6 is 0 Å². The Morgan fingerprint density at radius 1 is 1.39 bits per heavy atom. The molecule has 0 aliphatic carbocycles. The maximum absolute atomic E-state index is 13.1. The Kier molecular flexibility index (Phi) is 3.06. The minimum Gasteiger partial charge on any atom is -0.334 e. The number of benzene rings is 1. The molecule has 1 fully saturated rings. The van der Waals surface area contributed by atoms with Gasteiger partial charge in [-0.05, 0) is 37.6 Å². The molecule has 1 atom stereocenters. The highest BCUT2D eigenvalue weighted by atomic mass is 19.1. The zero-order chi connectivity index (χ0) is 12.4. The zero-order valence-electron chi connectivity index (χ0n) is 9.90. The minimum atomic E-state index is -0.299. The molecule has 1 aliphatic rings. The molecule has 0 bridgehead atoms. The van der Waals surface area contributed by atoms with Crippen molar-refractivity contribution in [2.24, 2.45) is 0 Å². The van der Waals surface area contributed by atoms with Gasteiger partial charge in [0.2, 0.25) is 0 Å². The van der Waals surface area contributed by atoms with Crippen LogP contribution in [0.1, 0.15) is 24.6 Å². The van der Waals surface area contributed by atoms with E-state index in [9.17, 15) is 4.39 Å². The van der Waals surface area contributed by atoms with Crippen LogP contribution in [0.25, 0.3) is 11.5 Å². The first-order valence-corrected chi connectivity index (χ1v) is 6.13. The summed E-state index contributed by atoms with van der Waals surface area (Å²) in [7, 11) is 0. The monoisotopic (exact) mass is 247 g/mol. The van der Waals surface area contributed by atoms with Crippen LogP contribution in [0.15, 0.2) is 28.8 Å². The van der Waals surface area contributed by atoms with Gasteiger partial charge in [-0.2, -0.15) is 4.98 Å². The third-order valence-corrected chi connectivity index (χ3v) is 3.18. The fourth-order valence-corrected chi connectivity index (χ4v) is 2.21. The van der Waals surface area contributed by atoms with Crippen molar-refractivity contribution in [2.75, 3.05) is 13.1 Å². The Morgan fingerprint density at radius 2 is 2.33 bits per heavy atom. The SMILES string of the molecule is Fc1cccc(-c2nc(C3CCCNC3)no2)c1. The van der Waals surface area contributed by atoms with Gasteiger partial charge in [0.05, 0.1) is 0 Å². The van der Waals surface area contributed by atoms with Crippen LogP contribution < -0.4 is 5.32 Å². The molecule has 1 aromatic heterocycles. The maximum atomic E-state index is 13.1. The molecule has 1 saturated heterocycles. The largest absolute Gasteiger partial charge is 0.334 e. The van der Waals surface area contributed by atoms with Crippen molar-refractivity contribution in [3.8, 4) is 11.5 Å². The van der Waals surface area contributed by atoms with E-state index < -0.39 is 0 Å². The summed E-state index contributed by atoms with van der Waals surface area (Å²) in [5, 5.41) is 7.31. The highest BCUT2D eigenvalue weighted by Crippen LogP contribution is 2.24. The van der Waals surface area contributed by atoms with Gasteiger partial charge >= 0.3 is 0 Å². The van der Waals surface area contributed by atoms with Crippen molar-refractivity contribution >= 4 is 0 Å². The van der Waals surface area contributed by atoms with Crippen molar-refractivity contribution in [3.63, 3.8) is 0 Å². The number of hydrogen-bond donors (Lipinski definition) is 1. The number of nitrogens with one attached hydrogen (secondary N) is 1. The molecule has 1 N–H and O–H groups in total. The van der Waals surface area contributed by atoms with Gasteiger partial charge in [0.1, 0.15) is 5.82 Å². The van der Waals surface area contributed by atoms with Crippen LogP contribution in [0.5, 0.6) is 0 Å². The van der Waals surface area contributed by atoms with E-state index in [1.165, 1.54) is 12.1 Å². The average molecular weight is 247 g/mol. The van der Waals surface area contributed by atoms with Crippen LogP contribution in [-0.4, -0.2) is 23.2 Å². The number of piperidine rings is 1. The highest BCUT2D eigenvalue weighted by Gasteiger charge is 2.21. The fourth-order valence-electron chi connectivity index (χ4n) is 2.21. The molecule has 18 heavy (non-hydrogen) atoms. The number of hydrogen-bond acceptors (Lipinski definition) is 4. The zero-order valence-corrected chi connectivity index (χ0v) is 9.90. The number of halogens is 1. The van der Waals surface area contributed by atoms with Gasteiger partial charge in [-0.15, -0.1) is 0 Å². The van der Waals surface area contributed by atoms with Crippen molar-refractivity contribution in [1.29, 1.82) is 0 Å². The smallest absolute Gasteiger partial charge is 0.258 e. The second kappa shape index (κ2) is 4.86. The fraction of sp³-hybridized carbons (Fsp3) is 0.385. The normalized spacial score (nSPS) is 19.9. The second-order valence-electron chi connectivity index (χ2n) is 4.51. The molecule has 0 saturated carbocycles. The van der Waals surface area contributed by atoms with E-state index in [1.807, 2.05) is 0 Å². The second-order valence-corrected chi connectivity index (χ2v) is 4.51. The van der Waals surface area contributed by atoms with Crippen molar-refractivity contribution in [1.82, 2.24) is 15.5 Å². The van der Waals surface area contributed by atoms with E-state index in [4.69, 9.17) is 4.52 Å². The van der Waals surface area contributed by atoms with Crippen LogP contribution in [0.4, 0.5) is 4.39 Å². The van der Waals surface area contributed by atoms with Gasteiger partial charge in [0, 0.05) is 18.0 Å². The first-order valence-electron chi connectivity index (χ1n) is 6.13. The molecule has 0 radical (unpaired) electrons. The van der Waals surface area contributed by atoms with Crippen LogP contribution in [0.2, 0.25) is 0 Å². The third-order valence-electron chi connectivity index (χ3n) is 3.18. The summed E-state index contributed by atoms with van der Waals surface area (Å²) in [5.74, 6) is 1.09. The van der Waals surface area contributed by atoms with Gasteiger partial charge in [-0.1, -0.05) is 11.2 Å². The molecule has 0 amide bonds. The van der Waals surface area contributed by atoms with Gasteiger partial charge in [-0.3, -0.25) is 0 Å². The molecular formula is C13H14FN3O. The standard InChI is InChI=1S/C13H14FN3O/c14-11-5-1-3-9(7-11)13-16-12(17-18-13)10-4-2-6-15-8-10/h1,3,5,7,10,15H,2,4,6,8H2. The Labute approximate surface area is 104 Å². The van der Waals surface area contributed by atoms with E-state index in [0.717, 1.165) is 25.9 Å². The minimum absolute atomic E-state index is 0.296. The summed E-state index contributed by atoms with van der Waals surface area (Å²) >= 11 is 0. The van der Waals surface area contributed by atoms with E-state index >= 15 is 0 Å². The molecule has 1 unspecified atom stereocenters.